The molecule has 1 aromatic carbocycles. The van der Waals surface area contributed by atoms with Crippen LogP contribution in [0.15, 0.2) is 30.3 Å². The van der Waals surface area contributed by atoms with Crippen molar-refractivity contribution in [2.45, 2.75) is 33.2 Å². The summed E-state index contributed by atoms with van der Waals surface area (Å²) >= 11 is 0. The topological polar surface area (TPSA) is 34.0 Å². The maximum Gasteiger partial charge on any atom is 0.146 e. The molecule has 3 rings (SSSR count). The summed E-state index contributed by atoms with van der Waals surface area (Å²) in [5, 5.41) is 8.45. The summed E-state index contributed by atoms with van der Waals surface area (Å²) in [6.45, 7) is 9.79. The van der Waals surface area contributed by atoms with Crippen molar-refractivity contribution in [1.82, 2.24) is 19.7 Å². The van der Waals surface area contributed by atoms with Crippen LogP contribution in [0.3, 0.4) is 0 Å². The fourth-order valence-electron chi connectivity index (χ4n) is 3.41. The molecule has 0 aliphatic carbocycles. The van der Waals surface area contributed by atoms with Gasteiger partial charge >= 0.3 is 0 Å². The van der Waals surface area contributed by atoms with E-state index in [1.807, 2.05) is 14.0 Å². The standard InChI is InChI=1S/C17H24N4/c1-13-18-19-16(20(13)4)11-21-10-15(17(2,3)12-21)14-8-6-5-7-9-14/h5-9,15H,10-12H2,1-4H3. The molecule has 0 bridgehead atoms. The number of nitrogens with zero attached hydrogens (tertiary/aromatic N) is 4. The van der Waals surface area contributed by atoms with Gasteiger partial charge < -0.3 is 4.57 Å². The van der Waals surface area contributed by atoms with Crippen LogP contribution in [0, 0.1) is 12.3 Å². The van der Waals surface area contributed by atoms with Gasteiger partial charge in [-0.25, -0.2) is 0 Å². The quantitative estimate of drug-likeness (QED) is 0.869. The van der Waals surface area contributed by atoms with Crippen LogP contribution in [-0.4, -0.2) is 32.8 Å². The predicted molar refractivity (Wildman–Crippen MR) is 84.0 cm³/mol. The molecule has 4 heteroatoms. The lowest BCUT2D eigenvalue weighted by Crippen LogP contribution is -2.24. The minimum atomic E-state index is 0.287. The third-order valence-corrected chi connectivity index (χ3v) is 4.76. The first kappa shape index (κ1) is 14.3. The lowest BCUT2D eigenvalue weighted by Gasteiger charge is -2.26. The van der Waals surface area contributed by atoms with Gasteiger partial charge in [0, 0.05) is 26.1 Å². The van der Waals surface area contributed by atoms with Crippen LogP contribution in [0.4, 0.5) is 0 Å². The van der Waals surface area contributed by atoms with Gasteiger partial charge in [0.25, 0.3) is 0 Å². The Morgan fingerprint density at radius 2 is 1.90 bits per heavy atom. The molecule has 0 N–H and O–H groups in total. The molecule has 1 aliphatic rings. The van der Waals surface area contributed by atoms with Crippen molar-refractivity contribution in [2.75, 3.05) is 13.1 Å². The van der Waals surface area contributed by atoms with Gasteiger partial charge in [-0.1, -0.05) is 44.2 Å². The molecule has 1 unspecified atom stereocenters. The zero-order valence-electron chi connectivity index (χ0n) is 13.4. The van der Waals surface area contributed by atoms with Crippen molar-refractivity contribution in [3.05, 3.63) is 47.5 Å². The van der Waals surface area contributed by atoms with E-state index in [1.54, 1.807) is 0 Å². The SMILES string of the molecule is Cc1nnc(CN2CC(c3ccccc3)C(C)(C)C2)n1C. The zero-order valence-corrected chi connectivity index (χ0v) is 13.4. The van der Waals surface area contributed by atoms with Crippen LogP contribution in [0.2, 0.25) is 0 Å². The van der Waals surface area contributed by atoms with Gasteiger partial charge in [-0.3, -0.25) is 4.90 Å². The second kappa shape index (κ2) is 5.26. The number of likely N-dealkylation sites (tertiary alicyclic amines) is 1. The molecular weight excluding hydrogens is 260 g/mol. The Hall–Kier alpha value is -1.68. The lowest BCUT2D eigenvalue weighted by molar-refractivity contribution is 0.274. The first-order chi connectivity index (χ1) is 9.97. The van der Waals surface area contributed by atoms with Crippen molar-refractivity contribution in [3.8, 4) is 0 Å². The molecule has 2 heterocycles. The van der Waals surface area contributed by atoms with E-state index in [1.165, 1.54) is 5.56 Å². The summed E-state index contributed by atoms with van der Waals surface area (Å²) in [4.78, 5) is 2.50. The summed E-state index contributed by atoms with van der Waals surface area (Å²) < 4.78 is 2.09. The molecule has 2 aromatic rings. The second-order valence-corrected chi connectivity index (χ2v) is 6.84. The number of hydrogen-bond acceptors (Lipinski definition) is 3. The van der Waals surface area contributed by atoms with Gasteiger partial charge in [0.15, 0.2) is 0 Å². The Morgan fingerprint density at radius 3 is 2.52 bits per heavy atom. The van der Waals surface area contributed by atoms with Gasteiger partial charge in [0.05, 0.1) is 6.54 Å². The largest absolute Gasteiger partial charge is 0.317 e. The third kappa shape index (κ3) is 2.72. The van der Waals surface area contributed by atoms with Gasteiger partial charge in [0.2, 0.25) is 0 Å². The number of aryl methyl sites for hydroxylation is 1. The summed E-state index contributed by atoms with van der Waals surface area (Å²) in [6.07, 6.45) is 0. The van der Waals surface area contributed by atoms with E-state index >= 15 is 0 Å². The van der Waals surface area contributed by atoms with Crippen LogP contribution >= 0.6 is 0 Å². The number of hydrogen-bond donors (Lipinski definition) is 0. The highest BCUT2D eigenvalue weighted by Crippen LogP contribution is 2.42. The van der Waals surface area contributed by atoms with Crippen LogP contribution in [0.1, 0.15) is 37.0 Å². The van der Waals surface area contributed by atoms with Crippen molar-refractivity contribution >= 4 is 0 Å². The van der Waals surface area contributed by atoms with E-state index in [0.717, 1.165) is 31.3 Å². The minimum Gasteiger partial charge on any atom is -0.317 e. The Bertz CT molecular complexity index is 615. The van der Waals surface area contributed by atoms with E-state index in [9.17, 15) is 0 Å². The maximum absolute atomic E-state index is 4.30. The summed E-state index contributed by atoms with van der Waals surface area (Å²) in [6, 6.07) is 10.9. The van der Waals surface area contributed by atoms with Crippen LogP contribution in [0.5, 0.6) is 0 Å². The summed E-state index contributed by atoms with van der Waals surface area (Å²) in [7, 11) is 2.04. The second-order valence-electron chi connectivity index (χ2n) is 6.84. The van der Waals surface area contributed by atoms with Crippen LogP contribution in [0.25, 0.3) is 0 Å². The van der Waals surface area contributed by atoms with Crippen molar-refractivity contribution in [1.29, 1.82) is 0 Å². The first-order valence-electron chi connectivity index (χ1n) is 7.59. The normalized spacial score (nSPS) is 21.8. The molecule has 1 atom stereocenters. The van der Waals surface area contributed by atoms with Crippen molar-refractivity contribution in [2.24, 2.45) is 12.5 Å². The third-order valence-electron chi connectivity index (χ3n) is 4.76. The van der Waals surface area contributed by atoms with Crippen molar-refractivity contribution in [3.63, 3.8) is 0 Å². The van der Waals surface area contributed by atoms with E-state index in [2.05, 4.69) is 63.8 Å². The predicted octanol–water partition coefficient (Wildman–Crippen LogP) is 2.75. The Labute approximate surface area is 126 Å². The minimum absolute atomic E-state index is 0.287. The molecule has 112 valence electrons. The fraction of sp³-hybridized carbons (Fsp3) is 0.529. The molecule has 0 saturated carbocycles. The zero-order chi connectivity index (χ0) is 15.0. The number of benzene rings is 1. The highest BCUT2D eigenvalue weighted by Gasteiger charge is 2.40. The highest BCUT2D eigenvalue weighted by molar-refractivity contribution is 5.24. The smallest absolute Gasteiger partial charge is 0.146 e. The van der Waals surface area contributed by atoms with E-state index < -0.39 is 0 Å². The van der Waals surface area contributed by atoms with Gasteiger partial charge in [-0.05, 0) is 17.9 Å². The van der Waals surface area contributed by atoms with E-state index in [0.29, 0.717) is 5.92 Å². The monoisotopic (exact) mass is 284 g/mol. The van der Waals surface area contributed by atoms with E-state index in [-0.39, 0.29) is 5.41 Å². The molecule has 1 aliphatic heterocycles. The first-order valence-corrected chi connectivity index (χ1v) is 7.59. The molecule has 21 heavy (non-hydrogen) atoms. The Balaban J connectivity index is 1.77. The van der Waals surface area contributed by atoms with Gasteiger partial charge in [-0.2, -0.15) is 0 Å². The van der Waals surface area contributed by atoms with Crippen LogP contribution in [-0.2, 0) is 13.6 Å². The summed E-state index contributed by atoms with van der Waals surface area (Å²) in [5.41, 5.74) is 1.73. The average Bonchev–Trinajstić information content (AvgIpc) is 2.93. The molecule has 0 radical (unpaired) electrons. The lowest BCUT2D eigenvalue weighted by atomic mass is 9.78. The molecule has 0 spiro atoms. The van der Waals surface area contributed by atoms with E-state index in [4.69, 9.17) is 0 Å². The molecular formula is C17H24N4. The van der Waals surface area contributed by atoms with Gasteiger partial charge in [-0.15, -0.1) is 10.2 Å². The van der Waals surface area contributed by atoms with Crippen molar-refractivity contribution < 1.29 is 0 Å². The number of aromatic nitrogens is 3. The summed E-state index contributed by atoms with van der Waals surface area (Å²) in [5.74, 6) is 2.60. The molecule has 4 nitrogen and oxygen atoms in total. The Morgan fingerprint density at radius 1 is 1.19 bits per heavy atom. The highest BCUT2D eigenvalue weighted by atomic mass is 15.3. The average molecular weight is 284 g/mol. The fourth-order valence-corrected chi connectivity index (χ4v) is 3.41. The number of rotatable bonds is 3. The van der Waals surface area contributed by atoms with Gasteiger partial charge in [0.1, 0.15) is 11.6 Å². The molecule has 0 amide bonds. The maximum atomic E-state index is 4.30. The van der Waals surface area contributed by atoms with Crippen LogP contribution < -0.4 is 0 Å². The Kier molecular flexibility index (Phi) is 3.57. The molecule has 1 aromatic heterocycles. The molecule has 1 saturated heterocycles. The molecule has 1 fully saturated rings.